The molecule has 2 aromatic heterocycles. The molecule has 0 unspecified atom stereocenters. The van der Waals surface area contributed by atoms with Crippen LogP contribution in [0, 0.1) is 6.92 Å². The van der Waals surface area contributed by atoms with Crippen LogP contribution in [0.4, 0.5) is 5.82 Å². The van der Waals surface area contributed by atoms with Gasteiger partial charge in [-0.1, -0.05) is 23.7 Å². The van der Waals surface area contributed by atoms with Crippen molar-refractivity contribution in [1.29, 1.82) is 0 Å². The van der Waals surface area contributed by atoms with Crippen molar-refractivity contribution in [1.82, 2.24) is 29.8 Å². The van der Waals surface area contributed by atoms with Crippen LogP contribution in [-0.2, 0) is 4.74 Å². The smallest absolute Gasteiger partial charge is 0.252 e. The summed E-state index contributed by atoms with van der Waals surface area (Å²) in [6.07, 6.45) is 1.65. The summed E-state index contributed by atoms with van der Waals surface area (Å²) in [6.45, 7) is 8.08. The van der Waals surface area contributed by atoms with Crippen LogP contribution in [0.2, 0.25) is 5.02 Å². The van der Waals surface area contributed by atoms with E-state index >= 15 is 0 Å². The number of hydrogen-bond acceptors (Lipinski definition) is 8. The van der Waals surface area contributed by atoms with Crippen molar-refractivity contribution >= 4 is 40.0 Å². The van der Waals surface area contributed by atoms with E-state index in [1.54, 1.807) is 24.3 Å². The lowest BCUT2D eigenvalue weighted by Gasteiger charge is -2.26. The molecule has 0 radical (unpaired) electrons. The molecule has 0 saturated carbocycles. The number of carbonyl (C=O) groups is 1. The molecule has 1 saturated heterocycles. The topological polar surface area (TPSA) is 106 Å². The third kappa shape index (κ3) is 6.15. The maximum Gasteiger partial charge on any atom is 0.252 e. The van der Waals surface area contributed by atoms with E-state index in [1.165, 1.54) is 0 Å². The standard InChI is InChI=1S/C27H32ClN7O3/c1-19-32-33-26-25(29-10-4-5-11-30-27(36)21-6-2-3-7-22(21)28)31-23-18-20(8-9-24(23)35(19)26)38-17-14-34-12-15-37-16-13-34/h2-3,6-9,18H,4-5,10-17H2,1H3,(H,29,31)(H,30,36). The van der Waals surface area contributed by atoms with Crippen LogP contribution in [0.3, 0.4) is 0 Å². The van der Waals surface area contributed by atoms with Crippen LogP contribution in [0.1, 0.15) is 29.0 Å². The largest absolute Gasteiger partial charge is 0.492 e. The predicted octanol–water partition coefficient (Wildman–Crippen LogP) is 3.57. The lowest BCUT2D eigenvalue weighted by Crippen LogP contribution is -2.38. The second-order valence-corrected chi connectivity index (χ2v) is 9.60. The van der Waals surface area contributed by atoms with Crippen molar-refractivity contribution in [2.24, 2.45) is 0 Å². The SMILES string of the molecule is Cc1nnc2c(NCCCCNC(=O)c3ccccc3Cl)nc3cc(OCCN4CCOCC4)ccc3n12. The first-order valence-corrected chi connectivity index (χ1v) is 13.3. The number of carbonyl (C=O) groups excluding carboxylic acids is 1. The normalized spacial score (nSPS) is 14.2. The number of halogens is 1. The zero-order valence-corrected chi connectivity index (χ0v) is 22.2. The van der Waals surface area contributed by atoms with Gasteiger partial charge in [-0.2, -0.15) is 0 Å². The van der Waals surface area contributed by atoms with Gasteiger partial charge in [0.2, 0.25) is 5.65 Å². The molecular weight excluding hydrogens is 506 g/mol. The molecule has 1 amide bonds. The Balaban J connectivity index is 1.18. The molecule has 5 rings (SSSR count). The number of morpholine rings is 1. The fourth-order valence-corrected chi connectivity index (χ4v) is 4.70. The first-order chi connectivity index (χ1) is 18.6. The Morgan fingerprint density at radius 2 is 1.92 bits per heavy atom. The number of nitrogens with zero attached hydrogens (tertiary/aromatic N) is 5. The molecule has 1 fully saturated rings. The fraction of sp³-hybridized carbons (Fsp3) is 0.407. The average molecular weight is 538 g/mol. The first kappa shape index (κ1) is 26.1. The molecule has 0 aliphatic carbocycles. The van der Waals surface area contributed by atoms with E-state index in [1.807, 2.05) is 29.5 Å². The zero-order valence-electron chi connectivity index (χ0n) is 21.5. The monoisotopic (exact) mass is 537 g/mol. The van der Waals surface area contributed by atoms with Gasteiger partial charge in [-0.25, -0.2) is 4.98 Å². The van der Waals surface area contributed by atoms with E-state index in [9.17, 15) is 4.79 Å². The minimum absolute atomic E-state index is 0.164. The van der Waals surface area contributed by atoms with Crippen LogP contribution in [-0.4, -0.2) is 82.9 Å². The third-order valence-corrected chi connectivity index (χ3v) is 6.87. The number of aromatic nitrogens is 4. The van der Waals surface area contributed by atoms with Crippen molar-refractivity contribution in [3.63, 3.8) is 0 Å². The van der Waals surface area contributed by atoms with Gasteiger partial charge in [-0.15, -0.1) is 10.2 Å². The first-order valence-electron chi connectivity index (χ1n) is 12.9. The van der Waals surface area contributed by atoms with Crippen molar-refractivity contribution < 1.29 is 14.3 Å². The Kier molecular flexibility index (Phi) is 8.52. The van der Waals surface area contributed by atoms with E-state index in [0.29, 0.717) is 41.7 Å². The zero-order chi connectivity index (χ0) is 26.3. The van der Waals surface area contributed by atoms with Crippen LogP contribution >= 0.6 is 11.6 Å². The van der Waals surface area contributed by atoms with E-state index in [0.717, 1.165) is 68.3 Å². The lowest BCUT2D eigenvalue weighted by molar-refractivity contribution is 0.0322. The van der Waals surface area contributed by atoms with E-state index < -0.39 is 0 Å². The van der Waals surface area contributed by atoms with Crippen LogP contribution in [0.15, 0.2) is 42.5 Å². The summed E-state index contributed by atoms with van der Waals surface area (Å²) >= 11 is 6.10. The fourth-order valence-electron chi connectivity index (χ4n) is 4.48. The van der Waals surface area contributed by atoms with Gasteiger partial charge < -0.3 is 20.1 Å². The molecule has 200 valence electrons. The minimum Gasteiger partial charge on any atom is -0.492 e. The van der Waals surface area contributed by atoms with E-state index in [4.69, 9.17) is 26.1 Å². The molecule has 1 aliphatic heterocycles. The van der Waals surface area contributed by atoms with Crippen LogP contribution in [0.25, 0.3) is 16.7 Å². The van der Waals surface area contributed by atoms with E-state index in [-0.39, 0.29) is 5.91 Å². The Hall–Kier alpha value is -3.47. The number of benzene rings is 2. The summed E-state index contributed by atoms with van der Waals surface area (Å²) in [5, 5.41) is 15.4. The van der Waals surface area contributed by atoms with Crippen molar-refractivity contribution in [2.75, 3.05) is 57.9 Å². The number of unbranched alkanes of at least 4 members (excludes halogenated alkanes) is 1. The molecule has 2 aromatic carbocycles. The van der Waals surface area contributed by atoms with Gasteiger partial charge >= 0.3 is 0 Å². The number of fused-ring (bicyclic) bond motifs is 3. The second-order valence-electron chi connectivity index (χ2n) is 9.19. The van der Waals surface area contributed by atoms with Gasteiger partial charge in [0.15, 0.2) is 5.82 Å². The highest BCUT2D eigenvalue weighted by Gasteiger charge is 2.15. The Morgan fingerprint density at radius 3 is 2.76 bits per heavy atom. The molecule has 1 aliphatic rings. The molecule has 38 heavy (non-hydrogen) atoms. The molecule has 11 heteroatoms. The third-order valence-electron chi connectivity index (χ3n) is 6.54. The molecule has 0 bridgehead atoms. The molecular formula is C27H32ClN7O3. The van der Waals surface area contributed by atoms with Gasteiger partial charge in [-0.3, -0.25) is 14.1 Å². The van der Waals surface area contributed by atoms with Gasteiger partial charge in [0, 0.05) is 38.8 Å². The maximum atomic E-state index is 12.3. The number of rotatable bonds is 11. The van der Waals surface area contributed by atoms with E-state index in [2.05, 4.69) is 25.7 Å². The molecule has 0 atom stereocenters. The molecule has 2 N–H and O–H groups in total. The Morgan fingerprint density at radius 1 is 1.11 bits per heavy atom. The summed E-state index contributed by atoms with van der Waals surface area (Å²) in [5.41, 5.74) is 2.90. The number of amides is 1. The highest BCUT2D eigenvalue weighted by molar-refractivity contribution is 6.33. The summed E-state index contributed by atoms with van der Waals surface area (Å²) in [7, 11) is 0. The number of aryl methyl sites for hydroxylation is 1. The second kappa shape index (κ2) is 12.4. The van der Waals surface area contributed by atoms with Gasteiger partial charge in [0.05, 0.1) is 34.8 Å². The lowest BCUT2D eigenvalue weighted by atomic mass is 10.2. The Bertz CT molecular complexity index is 1400. The minimum atomic E-state index is -0.164. The summed E-state index contributed by atoms with van der Waals surface area (Å²) in [6, 6.07) is 13.0. The maximum absolute atomic E-state index is 12.3. The molecule has 4 aromatic rings. The molecule has 0 spiro atoms. The Labute approximate surface area is 226 Å². The van der Waals surface area contributed by atoms with Crippen molar-refractivity contribution in [2.45, 2.75) is 19.8 Å². The quantitative estimate of drug-likeness (QED) is 0.280. The van der Waals surface area contributed by atoms with Crippen LogP contribution in [0.5, 0.6) is 5.75 Å². The highest BCUT2D eigenvalue weighted by Crippen LogP contribution is 2.25. The number of hydrogen-bond donors (Lipinski definition) is 2. The number of anilines is 1. The summed E-state index contributed by atoms with van der Waals surface area (Å²) in [4.78, 5) is 19.5. The molecule has 3 heterocycles. The van der Waals surface area contributed by atoms with Crippen molar-refractivity contribution in [3.05, 3.63) is 58.9 Å². The summed E-state index contributed by atoms with van der Waals surface area (Å²) in [5.74, 6) is 2.08. The number of ether oxygens (including phenoxy) is 2. The van der Waals surface area contributed by atoms with Crippen LogP contribution < -0.4 is 15.4 Å². The highest BCUT2D eigenvalue weighted by atomic mass is 35.5. The number of nitrogens with one attached hydrogen (secondary N) is 2. The van der Waals surface area contributed by atoms with Gasteiger partial charge in [0.1, 0.15) is 18.2 Å². The predicted molar refractivity (Wildman–Crippen MR) is 147 cm³/mol. The van der Waals surface area contributed by atoms with Crippen molar-refractivity contribution in [3.8, 4) is 5.75 Å². The average Bonchev–Trinajstić information content (AvgIpc) is 3.33. The summed E-state index contributed by atoms with van der Waals surface area (Å²) < 4.78 is 13.5. The van der Waals surface area contributed by atoms with Gasteiger partial charge in [-0.05, 0) is 44.0 Å². The molecule has 10 nitrogen and oxygen atoms in total. The van der Waals surface area contributed by atoms with Gasteiger partial charge in [0.25, 0.3) is 5.91 Å².